The van der Waals surface area contributed by atoms with E-state index in [9.17, 15) is 4.79 Å². The molecule has 1 atom stereocenters. The molecule has 1 aliphatic heterocycles. The largest absolute Gasteiger partial charge is 0.339 e. The number of carbonyl (C=O) groups excluding carboxylic acids is 1. The van der Waals surface area contributed by atoms with Gasteiger partial charge in [0.15, 0.2) is 0 Å². The van der Waals surface area contributed by atoms with Crippen LogP contribution in [-0.2, 0) is 0 Å². The average molecular weight is 357 g/mol. The minimum atomic E-state index is 0.131. The van der Waals surface area contributed by atoms with Crippen molar-refractivity contribution < 1.29 is 4.79 Å². The van der Waals surface area contributed by atoms with E-state index in [0.29, 0.717) is 11.8 Å². The summed E-state index contributed by atoms with van der Waals surface area (Å²) < 4.78 is 0. The minimum Gasteiger partial charge on any atom is -0.339 e. The lowest BCUT2D eigenvalue weighted by Crippen LogP contribution is -2.31. The lowest BCUT2D eigenvalue weighted by molar-refractivity contribution is 0.0773. The van der Waals surface area contributed by atoms with Crippen LogP contribution in [0, 0.1) is 5.92 Å². The number of amides is 1. The molecule has 1 aromatic heterocycles. The van der Waals surface area contributed by atoms with Gasteiger partial charge in [-0.05, 0) is 74.8 Å². The molecule has 0 bridgehead atoms. The van der Waals surface area contributed by atoms with Crippen molar-refractivity contribution in [3.05, 3.63) is 57.8 Å². The summed E-state index contributed by atoms with van der Waals surface area (Å²) in [6.07, 6.45) is 2.42. The molecule has 1 fully saturated rings. The molecule has 0 radical (unpaired) electrons. The first-order chi connectivity index (χ1) is 12.2. The van der Waals surface area contributed by atoms with Crippen molar-refractivity contribution in [2.45, 2.75) is 32.6 Å². The molecule has 3 nitrogen and oxygen atoms in total. The zero-order valence-electron chi connectivity index (χ0n) is 15.2. The van der Waals surface area contributed by atoms with Gasteiger partial charge in [0, 0.05) is 29.4 Å². The molecule has 134 valence electrons. The fourth-order valence-corrected chi connectivity index (χ4v) is 4.79. The van der Waals surface area contributed by atoms with E-state index in [1.165, 1.54) is 23.3 Å². The zero-order chi connectivity index (χ0) is 17.6. The Morgan fingerprint density at radius 2 is 1.84 bits per heavy atom. The molecule has 1 unspecified atom stereocenters. The first kappa shape index (κ1) is 18.2. The Morgan fingerprint density at radius 1 is 1.16 bits per heavy atom. The first-order valence-electron chi connectivity index (χ1n) is 9.38. The molecule has 1 amide bonds. The van der Waals surface area contributed by atoms with Crippen LogP contribution < -0.4 is 5.32 Å². The van der Waals surface area contributed by atoms with Crippen molar-refractivity contribution in [1.82, 2.24) is 10.2 Å². The van der Waals surface area contributed by atoms with Crippen LogP contribution in [0.2, 0.25) is 0 Å². The summed E-state index contributed by atoms with van der Waals surface area (Å²) >= 11 is 1.85. The number of benzene rings is 1. The molecule has 1 saturated heterocycles. The molecule has 0 aliphatic carbocycles. The van der Waals surface area contributed by atoms with Crippen LogP contribution in [0.3, 0.4) is 0 Å². The number of hydrogen-bond donors (Lipinski definition) is 1. The lowest BCUT2D eigenvalue weighted by atomic mass is 9.79. The van der Waals surface area contributed by atoms with E-state index in [0.717, 1.165) is 31.7 Å². The van der Waals surface area contributed by atoms with Crippen LogP contribution in [0.1, 0.15) is 53.4 Å². The molecule has 4 heteroatoms. The van der Waals surface area contributed by atoms with Crippen LogP contribution in [0.5, 0.6) is 0 Å². The maximum absolute atomic E-state index is 12.5. The van der Waals surface area contributed by atoms with E-state index in [1.807, 2.05) is 42.2 Å². The summed E-state index contributed by atoms with van der Waals surface area (Å²) in [5.41, 5.74) is 2.13. The molecule has 2 heterocycles. The highest BCUT2D eigenvalue weighted by Gasteiger charge is 2.27. The Labute approximate surface area is 155 Å². The Hall–Kier alpha value is -1.65. The van der Waals surface area contributed by atoms with Crippen molar-refractivity contribution in [3.8, 4) is 0 Å². The second-order valence-corrected chi connectivity index (χ2v) is 7.66. The summed E-state index contributed by atoms with van der Waals surface area (Å²) in [4.78, 5) is 15.9. The number of nitrogens with one attached hydrogen (secondary N) is 1. The van der Waals surface area contributed by atoms with Gasteiger partial charge in [-0.3, -0.25) is 4.79 Å². The standard InChI is InChI=1S/C21H28N2OS/c1-3-23(4-2)21(24)18-9-7-16(8-10-18)20(19-6-5-15-25-19)17-11-13-22-14-12-17/h5-10,15,17,20,22H,3-4,11-14H2,1-2H3. The Morgan fingerprint density at radius 3 is 2.40 bits per heavy atom. The van der Waals surface area contributed by atoms with Gasteiger partial charge in [0.1, 0.15) is 0 Å². The number of hydrogen-bond acceptors (Lipinski definition) is 3. The minimum absolute atomic E-state index is 0.131. The summed E-state index contributed by atoms with van der Waals surface area (Å²) in [6, 6.07) is 12.8. The Balaban J connectivity index is 1.85. The second kappa shape index (κ2) is 8.63. The molecular formula is C21H28N2OS. The molecule has 1 aliphatic rings. The summed E-state index contributed by atoms with van der Waals surface area (Å²) in [5.74, 6) is 1.25. The van der Waals surface area contributed by atoms with E-state index in [4.69, 9.17) is 0 Å². The van der Waals surface area contributed by atoms with Crippen LogP contribution in [0.15, 0.2) is 41.8 Å². The molecular weight excluding hydrogens is 328 g/mol. The third-order valence-corrected chi connectivity index (χ3v) is 6.23. The van der Waals surface area contributed by atoms with Gasteiger partial charge < -0.3 is 10.2 Å². The monoisotopic (exact) mass is 356 g/mol. The van der Waals surface area contributed by atoms with E-state index in [-0.39, 0.29) is 5.91 Å². The van der Waals surface area contributed by atoms with Crippen LogP contribution in [-0.4, -0.2) is 37.0 Å². The highest BCUT2D eigenvalue weighted by Crippen LogP contribution is 2.39. The third-order valence-electron chi connectivity index (χ3n) is 5.27. The van der Waals surface area contributed by atoms with Crippen LogP contribution >= 0.6 is 11.3 Å². The SMILES string of the molecule is CCN(CC)C(=O)c1ccc(C(c2cccs2)C2CCNCC2)cc1. The summed E-state index contributed by atoms with van der Waals surface area (Å²) in [7, 11) is 0. The Kier molecular flexibility index (Phi) is 6.27. The molecule has 1 aromatic carbocycles. The number of thiophene rings is 1. The van der Waals surface area contributed by atoms with E-state index < -0.39 is 0 Å². The molecule has 2 aromatic rings. The highest BCUT2D eigenvalue weighted by atomic mass is 32.1. The second-order valence-electron chi connectivity index (χ2n) is 6.68. The predicted octanol–water partition coefficient (Wildman–Crippen LogP) is 4.36. The topological polar surface area (TPSA) is 32.3 Å². The van der Waals surface area contributed by atoms with Gasteiger partial charge in [-0.2, -0.15) is 0 Å². The van der Waals surface area contributed by atoms with Crippen molar-refractivity contribution in [2.75, 3.05) is 26.2 Å². The smallest absolute Gasteiger partial charge is 0.253 e. The lowest BCUT2D eigenvalue weighted by Gasteiger charge is -2.30. The maximum Gasteiger partial charge on any atom is 0.253 e. The predicted molar refractivity (Wildman–Crippen MR) is 105 cm³/mol. The van der Waals surface area contributed by atoms with Gasteiger partial charge in [0.05, 0.1) is 0 Å². The zero-order valence-corrected chi connectivity index (χ0v) is 16.0. The van der Waals surface area contributed by atoms with Gasteiger partial charge >= 0.3 is 0 Å². The molecule has 1 N–H and O–H groups in total. The summed E-state index contributed by atoms with van der Waals surface area (Å²) in [5, 5.41) is 5.64. The average Bonchev–Trinajstić information content (AvgIpc) is 3.18. The quantitative estimate of drug-likeness (QED) is 0.834. The number of nitrogens with zero attached hydrogens (tertiary/aromatic N) is 1. The van der Waals surface area contributed by atoms with Gasteiger partial charge in [-0.15, -0.1) is 11.3 Å². The Bertz CT molecular complexity index is 656. The van der Waals surface area contributed by atoms with E-state index in [2.05, 4.69) is 35.0 Å². The summed E-state index contributed by atoms with van der Waals surface area (Å²) in [6.45, 7) is 7.77. The van der Waals surface area contributed by atoms with Gasteiger partial charge in [-0.1, -0.05) is 18.2 Å². The van der Waals surface area contributed by atoms with E-state index in [1.54, 1.807) is 0 Å². The van der Waals surface area contributed by atoms with Crippen molar-refractivity contribution in [2.24, 2.45) is 5.92 Å². The van der Waals surface area contributed by atoms with Gasteiger partial charge in [-0.25, -0.2) is 0 Å². The number of carbonyl (C=O) groups is 1. The van der Waals surface area contributed by atoms with Crippen molar-refractivity contribution >= 4 is 17.2 Å². The normalized spacial score (nSPS) is 16.6. The van der Waals surface area contributed by atoms with E-state index >= 15 is 0 Å². The fraction of sp³-hybridized carbons (Fsp3) is 0.476. The fourth-order valence-electron chi connectivity index (χ4n) is 3.84. The van der Waals surface area contributed by atoms with Crippen molar-refractivity contribution in [1.29, 1.82) is 0 Å². The third kappa shape index (κ3) is 4.13. The molecule has 0 saturated carbocycles. The van der Waals surface area contributed by atoms with Gasteiger partial charge in [0.2, 0.25) is 0 Å². The number of piperidine rings is 1. The van der Waals surface area contributed by atoms with Crippen LogP contribution in [0.4, 0.5) is 0 Å². The molecule has 25 heavy (non-hydrogen) atoms. The number of rotatable bonds is 6. The van der Waals surface area contributed by atoms with Gasteiger partial charge in [0.25, 0.3) is 5.91 Å². The van der Waals surface area contributed by atoms with Crippen molar-refractivity contribution in [3.63, 3.8) is 0 Å². The first-order valence-corrected chi connectivity index (χ1v) is 10.3. The van der Waals surface area contributed by atoms with Crippen LogP contribution in [0.25, 0.3) is 0 Å². The highest BCUT2D eigenvalue weighted by molar-refractivity contribution is 7.10. The maximum atomic E-state index is 12.5. The molecule has 3 rings (SSSR count). The molecule has 0 spiro atoms.